The standard InChI is InChI=1S/C18H21FN2O2.ClH/c1-12-8-14(19)16-13(10-20-15(16)9-12)17(22)23-11-18-2-5-21(6-3-18)7-4-18;/h8-10,20H,2-7,11H2,1H3;1H. The summed E-state index contributed by atoms with van der Waals surface area (Å²) >= 11 is 0. The second-order valence-corrected chi connectivity index (χ2v) is 7.04. The molecule has 0 radical (unpaired) electrons. The van der Waals surface area contributed by atoms with Gasteiger partial charge in [-0.3, -0.25) is 0 Å². The first kappa shape index (κ1) is 17.2. The van der Waals surface area contributed by atoms with E-state index in [9.17, 15) is 9.18 Å². The molecule has 0 atom stereocenters. The number of halogens is 2. The number of aryl methyl sites for hydroxylation is 1. The van der Waals surface area contributed by atoms with E-state index in [4.69, 9.17) is 4.74 Å². The molecule has 4 nitrogen and oxygen atoms in total. The van der Waals surface area contributed by atoms with Crippen molar-refractivity contribution >= 4 is 29.3 Å². The minimum absolute atomic E-state index is 0. The number of nitrogens with one attached hydrogen (secondary N) is 1. The first-order valence-electron chi connectivity index (χ1n) is 8.23. The SMILES string of the molecule is Cc1cc(F)c2c(C(=O)OCC34CCN(CC3)CC4)c[nH]c2c1.Cl. The highest BCUT2D eigenvalue weighted by molar-refractivity contribution is 6.04. The van der Waals surface area contributed by atoms with Crippen molar-refractivity contribution in [2.24, 2.45) is 5.41 Å². The van der Waals surface area contributed by atoms with E-state index in [0.717, 1.165) is 44.5 Å². The number of esters is 1. The average Bonchev–Trinajstić information content (AvgIpc) is 2.98. The Balaban J connectivity index is 0.00000169. The molecule has 1 aromatic heterocycles. The lowest BCUT2D eigenvalue weighted by Crippen LogP contribution is -2.50. The second kappa shape index (κ2) is 6.37. The number of ether oxygens (including phenoxy) is 1. The van der Waals surface area contributed by atoms with Crippen molar-refractivity contribution < 1.29 is 13.9 Å². The van der Waals surface area contributed by atoms with E-state index >= 15 is 0 Å². The third kappa shape index (κ3) is 2.91. The summed E-state index contributed by atoms with van der Waals surface area (Å²) < 4.78 is 19.8. The van der Waals surface area contributed by atoms with Crippen LogP contribution in [0.25, 0.3) is 10.9 Å². The smallest absolute Gasteiger partial charge is 0.340 e. The van der Waals surface area contributed by atoms with Crippen LogP contribution in [-0.4, -0.2) is 42.1 Å². The van der Waals surface area contributed by atoms with Gasteiger partial charge in [0.2, 0.25) is 0 Å². The lowest BCUT2D eigenvalue weighted by Gasteiger charge is -2.47. The number of hydrogen-bond donors (Lipinski definition) is 1. The van der Waals surface area contributed by atoms with Crippen LogP contribution < -0.4 is 0 Å². The van der Waals surface area contributed by atoms with Crippen LogP contribution >= 0.6 is 12.4 Å². The van der Waals surface area contributed by atoms with Crippen LogP contribution in [0.3, 0.4) is 0 Å². The quantitative estimate of drug-likeness (QED) is 0.857. The number of hydrogen-bond acceptors (Lipinski definition) is 3. The monoisotopic (exact) mass is 352 g/mol. The van der Waals surface area contributed by atoms with E-state index in [1.807, 2.05) is 13.0 Å². The second-order valence-electron chi connectivity index (χ2n) is 7.04. The van der Waals surface area contributed by atoms with E-state index in [2.05, 4.69) is 9.88 Å². The van der Waals surface area contributed by atoms with Crippen molar-refractivity contribution in [1.29, 1.82) is 0 Å². The van der Waals surface area contributed by atoms with Gasteiger partial charge in [0, 0.05) is 22.5 Å². The molecule has 1 aromatic carbocycles. The Morgan fingerprint density at radius 3 is 2.62 bits per heavy atom. The summed E-state index contributed by atoms with van der Waals surface area (Å²) in [6, 6.07) is 3.28. The maximum absolute atomic E-state index is 14.2. The van der Waals surface area contributed by atoms with Crippen molar-refractivity contribution in [2.45, 2.75) is 26.2 Å². The Bertz CT molecular complexity index is 752. The zero-order valence-electron chi connectivity index (χ0n) is 13.7. The van der Waals surface area contributed by atoms with Gasteiger partial charge < -0.3 is 14.6 Å². The number of carbonyl (C=O) groups is 1. The molecule has 0 saturated carbocycles. The average molecular weight is 353 g/mol. The minimum Gasteiger partial charge on any atom is -0.461 e. The predicted octanol–water partition coefficient (Wildman–Crippen LogP) is 3.68. The Hall–Kier alpha value is -1.59. The van der Waals surface area contributed by atoms with Gasteiger partial charge in [-0.05, 0) is 63.5 Å². The first-order valence-corrected chi connectivity index (χ1v) is 8.23. The Morgan fingerprint density at radius 1 is 1.29 bits per heavy atom. The van der Waals surface area contributed by atoms with Crippen molar-refractivity contribution in [2.75, 3.05) is 26.2 Å². The molecule has 5 rings (SSSR count). The highest BCUT2D eigenvalue weighted by atomic mass is 35.5. The Kier molecular flexibility index (Phi) is 4.58. The van der Waals surface area contributed by atoms with E-state index in [1.54, 1.807) is 6.20 Å². The molecule has 2 aromatic rings. The lowest BCUT2D eigenvalue weighted by atomic mass is 9.73. The Morgan fingerprint density at radius 2 is 1.96 bits per heavy atom. The highest BCUT2D eigenvalue weighted by Gasteiger charge is 2.40. The molecule has 0 unspecified atom stereocenters. The number of carbonyl (C=O) groups excluding carboxylic acids is 1. The molecular formula is C18H22ClFN2O2. The van der Waals surface area contributed by atoms with E-state index in [1.165, 1.54) is 6.07 Å². The predicted molar refractivity (Wildman–Crippen MR) is 93.2 cm³/mol. The van der Waals surface area contributed by atoms with Gasteiger partial charge in [0.05, 0.1) is 12.2 Å². The van der Waals surface area contributed by atoms with Gasteiger partial charge in [-0.1, -0.05) is 0 Å². The molecule has 1 N–H and O–H groups in total. The number of aromatic nitrogens is 1. The van der Waals surface area contributed by atoms with Crippen LogP contribution in [0.15, 0.2) is 18.3 Å². The van der Waals surface area contributed by atoms with Crippen molar-refractivity contribution in [3.8, 4) is 0 Å². The summed E-state index contributed by atoms with van der Waals surface area (Å²) in [7, 11) is 0. The van der Waals surface area contributed by atoms with Crippen LogP contribution in [-0.2, 0) is 4.74 Å². The fraction of sp³-hybridized carbons (Fsp3) is 0.500. The van der Waals surface area contributed by atoms with Gasteiger partial charge >= 0.3 is 5.97 Å². The van der Waals surface area contributed by atoms with Crippen molar-refractivity contribution in [3.05, 3.63) is 35.3 Å². The number of aromatic amines is 1. The van der Waals surface area contributed by atoms with E-state index in [-0.39, 0.29) is 23.6 Å². The number of H-pyrrole nitrogens is 1. The largest absolute Gasteiger partial charge is 0.461 e. The summed E-state index contributed by atoms with van der Waals surface area (Å²) in [4.78, 5) is 17.9. The number of benzene rings is 1. The normalized spacial score (nSPS) is 25.5. The summed E-state index contributed by atoms with van der Waals surface area (Å²) in [5.41, 5.74) is 1.89. The lowest BCUT2D eigenvalue weighted by molar-refractivity contribution is -0.0304. The summed E-state index contributed by atoms with van der Waals surface area (Å²) in [6.45, 7) is 5.56. The summed E-state index contributed by atoms with van der Waals surface area (Å²) in [5, 5.41) is 0.330. The van der Waals surface area contributed by atoms with E-state index < -0.39 is 5.97 Å². The van der Waals surface area contributed by atoms with Gasteiger partial charge in [-0.25, -0.2) is 9.18 Å². The zero-order chi connectivity index (χ0) is 16.0. The van der Waals surface area contributed by atoms with Gasteiger partial charge in [0.15, 0.2) is 0 Å². The maximum Gasteiger partial charge on any atom is 0.340 e. The van der Waals surface area contributed by atoms with Gasteiger partial charge in [-0.15, -0.1) is 12.4 Å². The van der Waals surface area contributed by atoms with Crippen LogP contribution in [0.4, 0.5) is 4.39 Å². The summed E-state index contributed by atoms with van der Waals surface area (Å²) in [6.07, 6.45) is 4.81. The molecule has 3 aliphatic heterocycles. The molecule has 24 heavy (non-hydrogen) atoms. The molecule has 130 valence electrons. The minimum atomic E-state index is -0.429. The van der Waals surface area contributed by atoms with Crippen molar-refractivity contribution in [1.82, 2.24) is 9.88 Å². The molecule has 6 heteroatoms. The summed E-state index contributed by atoms with van der Waals surface area (Å²) in [5.74, 6) is -0.807. The first-order chi connectivity index (χ1) is 11.1. The molecule has 3 saturated heterocycles. The molecule has 0 aliphatic carbocycles. The van der Waals surface area contributed by atoms with Crippen LogP contribution in [0, 0.1) is 18.2 Å². The third-order valence-electron chi connectivity index (χ3n) is 5.48. The topological polar surface area (TPSA) is 45.3 Å². The number of rotatable bonds is 3. The zero-order valence-corrected chi connectivity index (χ0v) is 14.5. The third-order valence-corrected chi connectivity index (χ3v) is 5.48. The fourth-order valence-electron chi connectivity index (χ4n) is 3.92. The molecule has 0 amide bonds. The Labute approximate surface area is 146 Å². The van der Waals surface area contributed by atoms with Gasteiger partial charge in [0.1, 0.15) is 5.82 Å². The molecule has 0 spiro atoms. The number of nitrogens with zero attached hydrogens (tertiary/aromatic N) is 1. The van der Waals surface area contributed by atoms with Crippen LogP contribution in [0.2, 0.25) is 0 Å². The van der Waals surface area contributed by atoms with Crippen LogP contribution in [0.1, 0.15) is 35.2 Å². The number of fused-ring (bicyclic) bond motifs is 4. The van der Waals surface area contributed by atoms with E-state index in [0.29, 0.717) is 23.1 Å². The molecule has 2 bridgehead atoms. The fourth-order valence-corrected chi connectivity index (χ4v) is 3.92. The maximum atomic E-state index is 14.2. The van der Waals surface area contributed by atoms with Gasteiger partial charge in [0.25, 0.3) is 0 Å². The molecule has 4 heterocycles. The number of piperidine rings is 3. The highest BCUT2D eigenvalue weighted by Crippen LogP contribution is 2.40. The van der Waals surface area contributed by atoms with Gasteiger partial charge in [-0.2, -0.15) is 0 Å². The van der Waals surface area contributed by atoms with Crippen LogP contribution in [0.5, 0.6) is 0 Å². The van der Waals surface area contributed by atoms with Crippen molar-refractivity contribution in [3.63, 3.8) is 0 Å². The molecule has 3 aliphatic rings. The molecular weight excluding hydrogens is 331 g/mol. The molecule has 3 fully saturated rings.